The van der Waals surface area contributed by atoms with Crippen molar-refractivity contribution in [2.45, 2.75) is 32.4 Å². The second-order valence-corrected chi connectivity index (χ2v) is 5.11. The molecule has 1 fully saturated rings. The van der Waals surface area contributed by atoms with E-state index >= 15 is 0 Å². The molecule has 19 heavy (non-hydrogen) atoms. The van der Waals surface area contributed by atoms with Crippen molar-refractivity contribution in [3.05, 3.63) is 29.8 Å². The molecule has 0 aromatic heterocycles. The lowest BCUT2D eigenvalue weighted by Gasteiger charge is -2.21. The van der Waals surface area contributed by atoms with E-state index in [1.54, 1.807) is 7.11 Å². The van der Waals surface area contributed by atoms with Crippen LogP contribution in [0.3, 0.4) is 0 Å². The van der Waals surface area contributed by atoms with E-state index < -0.39 is 0 Å². The van der Waals surface area contributed by atoms with Gasteiger partial charge in [-0.15, -0.1) is 0 Å². The summed E-state index contributed by atoms with van der Waals surface area (Å²) >= 11 is 0. The van der Waals surface area contributed by atoms with Crippen molar-refractivity contribution in [1.82, 2.24) is 10.6 Å². The van der Waals surface area contributed by atoms with Crippen molar-refractivity contribution in [2.24, 2.45) is 5.92 Å². The van der Waals surface area contributed by atoms with Crippen LogP contribution in [-0.2, 0) is 4.79 Å². The molecule has 0 spiro atoms. The van der Waals surface area contributed by atoms with E-state index in [4.69, 9.17) is 4.74 Å². The fourth-order valence-electron chi connectivity index (χ4n) is 2.64. The largest absolute Gasteiger partial charge is 0.496 e. The van der Waals surface area contributed by atoms with E-state index in [0.29, 0.717) is 0 Å². The second-order valence-electron chi connectivity index (χ2n) is 5.11. The molecule has 2 rings (SSSR count). The van der Waals surface area contributed by atoms with Crippen LogP contribution in [0.4, 0.5) is 0 Å². The van der Waals surface area contributed by atoms with Crippen LogP contribution in [-0.4, -0.2) is 25.6 Å². The number of rotatable bonds is 4. The highest BCUT2D eigenvalue weighted by molar-refractivity contribution is 5.80. The predicted molar refractivity (Wildman–Crippen MR) is 75.1 cm³/mol. The summed E-state index contributed by atoms with van der Waals surface area (Å²) in [6.07, 6.45) is 0.908. The number of hydrogen-bond acceptors (Lipinski definition) is 3. The summed E-state index contributed by atoms with van der Waals surface area (Å²) in [5.74, 6) is 1.00. The van der Waals surface area contributed by atoms with Crippen LogP contribution < -0.4 is 15.4 Å². The zero-order valence-electron chi connectivity index (χ0n) is 11.8. The third-order valence-corrected chi connectivity index (χ3v) is 3.83. The lowest BCUT2D eigenvalue weighted by atomic mass is 9.99. The molecule has 0 radical (unpaired) electrons. The molecule has 3 atom stereocenters. The van der Waals surface area contributed by atoms with Crippen LogP contribution in [0.1, 0.15) is 31.9 Å². The summed E-state index contributed by atoms with van der Waals surface area (Å²) in [6, 6.07) is 8.00. The van der Waals surface area contributed by atoms with E-state index in [1.807, 2.05) is 31.2 Å². The fraction of sp³-hybridized carbons (Fsp3) is 0.533. The Hall–Kier alpha value is -1.55. The molecule has 0 saturated carbocycles. The van der Waals surface area contributed by atoms with Gasteiger partial charge in [-0.05, 0) is 32.9 Å². The predicted octanol–water partition coefficient (Wildman–Crippen LogP) is 1.87. The Balaban J connectivity index is 2.04. The van der Waals surface area contributed by atoms with Gasteiger partial charge in [-0.1, -0.05) is 18.2 Å². The highest BCUT2D eigenvalue weighted by Gasteiger charge is 2.30. The quantitative estimate of drug-likeness (QED) is 0.871. The van der Waals surface area contributed by atoms with Crippen LogP contribution in [0.25, 0.3) is 0 Å². The van der Waals surface area contributed by atoms with Gasteiger partial charge in [-0.25, -0.2) is 0 Å². The summed E-state index contributed by atoms with van der Waals surface area (Å²) in [5.41, 5.74) is 1.01. The van der Waals surface area contributed by atoms with E-state index in [0.717, 1.165) is 24.3 Å². The lowest BCUT2D eigenvalue weighted by Crippen LogP contribution is -2.37. The van der Waals surface area contributed by atoms with E-state index in [1.165, 1.54) is 0 Å². The number of ether oxygens (including phenoxy) is 1. The molecule has 1 aromatic carbocycles. The molecule has 2 unspecified atom stereocenters. The van der Waals surface area contributed by atoms with Gasteiger partial charge >= 0.3 is 0 Å². The van der Waals surface area contributed by atoms with Crippen molar-refractivity contribution in [3.63, 3.8) is 0 Å². The summed E-state index contributed by atoms with van der Waals surface area (Å²) < 4.78 is 5.33. The molecule has 2 N–H and O–H groups in total. The first-order chi connectivity index (χ1) is 9.13. The van der Waals surface area contributed by atoms with Gasteiger partial charge in [-0.3, -0.25) is 4.79 Å². The first-order valence-electron chi connectivity index (χ1n) is 6.80. The van der Waals surface area contributed by atoms with Gasteiger partial charge in [0.15, 0.2) is 0 Å². The number of nitrogens with one attached hydrogen (secondary N) is 2. The van der Waals surface area contributed by atoms with Crippen molar-refractivity contribution >= 4 is 5.91 Å². The minimum absolute atomic E-state index is 0.0450. The van der Waals surface area contributed by atoms with Crippen LogP contribution in [0.15, 0.2) is 24.3 Å². The Kier molecular flexibility index (Phi) is 4.43. The number of carbonyl (C=O) groups excluding carboxylic acids is 1. The zero-order valence-corrected chi connectivity index (χ0v) is 11.8. The Morgan fingerprint density at radius 2 is 2.21 bits per heavy atom. The normalized spacial score (nSPS) is 23.9. The molecule has 1 amide bonds. The third-order valence-electron chi connectivity index (χ3n) is 3.83. The molecular formula is C15H22N2O2. The molecule has 0 bridgehead atoms. The van der Waals surface area contributed by atoms with E-state index in [2.05, 4.69) is 17.6 Å². The number of methoxy groups -OCH3 is 1. The molecule has 1 aliphatic heterocycles. The van der Waals surface area contributed by atoms with Crippen LogP contribution in [0.2, 0.25) is 0 Å². The molecule has 4 nitrogen and oxygen atoms in total. The average Bonchev–Trinajstić information content (AvgIpc) is 2.85. The Labute approximate surface area is 114 Å². The molecular weight excluding hydrogens is 240 g/mol. The van der Waals surface area contributed by atoms with E-state index in [-0.39, 0.29) is 23.9 Å². The molecule has 4 heteroatoms. The van der Waals surface area contributed by atoms with Gasteiger partial charge < -0.3 is 15.4 Å². The van der Waals surface area contributed by atoms with Crippen molar-refractivity contribution in [3.8, 4) is 5.75 Å². The van der Waals surface area contributed by atoms with E-state index in [9.17, 15) is 4.79 Å². The van der Waals surface area contributed by atoms with Crippen molar-refractivity contribution in [2.75, 3.05) is 13.7 Å². The third kappa shape index (κ3) is 3.07. The molecule has 1 aromatic rings. The maximum absolute atomic E-state index is 12.2. The number of benzene rings is 1. The molecule has 0 aliphatic carbocycles. The summed E-state index contributed by atoms with van der Waals surface area (Å²) in [7, 11) is 1.65. The van der Waals surface area contributed by atoms with Gasteiger partial charge in [0.1, 0.15) is 5.75 Å². The Morgan fingerprint density at radius 3 is 2.84 bits per heavy atom. The minimum atomic E-state index is -0.0450. The minimum Gasteiger partial charge on any atom is -0.496 e. The second kappa shape index (κ2) is 6.06. The molecule has 104 valence electrons. The highest BCUT2D eigenvalue weighted by Crippen LogP contribution is 2.25. The fourth-order valence-corrected chi connectivity index (χ4v) is 2.64. The SMILES string of the molecule is COc1ccccc1[C@H](C)NC(=O)C1CCNC1C. The molecule has 1 heterocycles. The lowest BCUT2D eigenvalue weighted by molar-refractivity contribution is -0.125. The van der Waals surface area contributed by atoms with Gasteiger partial charge in [-0.2, -0.15) is 0 Å². The topological polar surface area (TPSA) is 50.4 Å². The first-order valence-corrected chi connectivity index (χ1v) is 6.80. The van der Waals surface area contributed by atoms with Crippen molar-refractivity contribution < 1.29 is 9.53 Å². The Morgan fingerprint density at radius 1 is 1.47 bits per heavy atom. The number of para-hydroxylation sites is 1. The Bertz CT molecular complexity index is 448. The monoisotopic (exact) mass is 262 g/mol. The van der Waals surface area contributed by atoms with Gasteiger partial charge in [0, 0.05) is 11.6 Å². The summed E-state index contributed by atoms with van der Waals surface area (Å²) in [6.45, 7) is 4.97. The molecule has 1 saturated heterocycles. The van der Waals surface area contributed by atoms with Crippen LogP contribution in [0.5, 0.6) is 5.75 Å². The summed E-state index contributed by atoms with van der Waals surface area (Å²) in [5, 5.41) is 6.38. The summed E-state index contributed by atoms with van der Waals surface area (Å²) in [4.78, 5) is 12.2. The first kappa shape index (κ1) is 13.9. The zero-order chi connectivity index (χ0) is 13.8. The van der Waals surface area contributed by atoms with Gasteiger partial charge in [0.2, 0.25) is 5.91 Å². The molecule has 1 aliphatic rings. The van der Waals surface area contributed by atoms with Crippen molar-refractivity contribution in [1.29, 1.82) is 0 Å². The average molecular weight is 262 g/mol. The highest BCUT2D eigenvalue weighted by atomic mass is 16.5. The standard InChI is InChI=1S/C15H22N2O2/c1-10-13(8-9-16-10)15(18)17-11(2)12-6-4-5-7-14(12)19-3/h4-7,10-11,13,16H,8-9H2,1-3H3,(H,17,18)/t10?,11-,13?/m0/s1. The number of hydrogen-bond donors (Lipinski definition) is 2. The smallest absolute Gasteiger partial charge is 0.225 e. The number of amides is 1. The maximum atomic E-state index is 12.2. The van der Waals surface area contributed by atoms with Crippen LogP contribution >= 0.6 is 0 Å². The van der Waals surface area contributed by atoms with Gasteiger partial charge in [0.25, 0.3) is 0 Å². The van der Waals surface area contributed by atoms with Gasteiger partial charge in [0.05, 0.1) is 19.1 Å². The number of carbonyl (C=O) groups is 1. The maximum Gasteiger partial charge on any atom is 0.225 e. The van der Waals surface area contributed by atoms with Crippen LogP contribution in [0, 0.1) is 5.92 Å².